The van der Waals surface area contributed by atoms with Gasteiger partial charge >= 0.3 is 0 Å². The van der Waals surface area contributed by atoms with Crippen molar-refractivity contribution in [3.8, 4) is 0 Å². The summed E-state index contributed by atoms with van der Waals surface area (Å²) >= 11 is 0. The SMILES string of the molecule is NC(=O)CC(O)C(O)c1ccc(C(F)F)c(F)c1. The molecule has 0 bridgehead atoms. The summed E-state index contributed by atoms with van der Waals surface area (Å²) in [5.74, 6) is -2.03. The maximum atomic E-state index is 13.2. The van der Waals surface area contributed by atoms with Crippen LogP contribution in [0.3, 0.4) is 0 Å². The minimum atomic E-state index is -2.97. The number of benzene rings is 1. The quantitative estimate of drug-likeness (QED) is 0.742. The van der Waals surface area contributed by atoms with Crippen molar-refractivity contribution in [3.05, 3.63) is 35.1 Å². The Morgan fingerprint density at radius 1 is 1.33 bits per heavy atom. The zero-order valence-electron chi connectivity index (χ0n) is 9.19. The van der Waals surface area contributed by atoms with E-state index in [1.54, 1.807) is 0 Å². The molecule has 0 saturated heterocycles. The molecule has 0 spiro atoms. The second-order valence-corrected chi connectivity index (χ2v) is 3.76. The molecule has 7 heteroatoms. The van der Waals surface area contributed by atoms with E-state index in [0.29, 0.717) is 6.07 Å². The van der Waals surface area contributed by atoms with Gasteiger partial charge < -0.3 is 15.9 Å². The van der Waals surface area contributed by atoms with Crippen LogP contribution >= 0.6 is 0 Å². The fourth-order valence-electron chi connectivity index (χ4n) is 1.44. The first-order chi connectivity index (χ1) is 8.32. The number of alkyl halides is 2. The molecule has 0 saturated carbocycles. The number of primary amides is 1. The number of amides is 1. The van der Waals surface area contributed by atoms with Crippen molar-refractivity contribution in [1.82, 2.24) is 0 Å². The van der Waals surface area contributed by atoms with Crippen molar-refractivity contribution in [2.75, 3.05) is 0 Å². The largest absolute Gasteiger partial charge is 0.390 e. The van der Waals surface area contributed by atoms with Gasteiger partial charge in [0, 0.05) is 0 Å². The number of halogens is 3. The maximum absolute atomic E-state index is 13.2. The van der Waals surface area contributed by atoms with Gasteiger partial charge in [-0.05, 0) is 11.6 Å². The molecule has 1 amide bonds. The molecule has 1 aromatic rings. The molecule has 2 atom stereocenters. The van der Waals surface area contributed by atoms with Crippen LogP contribution in [0.25, 0.3) is 0 Å². The summed E-state index contributed by atoms with van der Waals surface area (Å²) in [5, 5.41) is 19.0. The number of hydrogen-bond donors (Lipinski definition) is 3. The second-order valence-electron chi connectivity index (χ2n) is 3.76. The maximum Gasteiger partial charge on any atom is 0.266 e. The molecule has 4 nitrogen and oxygen atoms in total. The van der Waals surface area contributed by atoms with Crippen molar-refractivity contribution in [2.45, 2.75) is 25.1 Å². The highest BCUT2D eigenvalue weighted by Crippen LogP contribution is 2.26. The van der Waals surface area contributed by atoms with E-state index in [1.807, 2.05) is 0 Å². The van der Waals surface area contributed by atoms with Gasteiger partial charge in [-0.15, -0.1) is 0 Å². The van der Waals surface area contributed by atoms with Gasteiger partial charge in [-0.3, -0.25) is 4.79 Å². The lowest BCUT2D eigenvalue weighted by Gasteiger charge is -2.17. The fourth-order valence-corrected chi connectivity index (χ4v) is 1.44. The number of hydrogen-bond acceptors (Lipinski definition) is 3. The number of rotatable bonds is 5. The summed E-state index contributed by atoms with van der Waals surface area (Å²) in [6.07, 6.45) is -6.57. The molecule has 4 N–H and O–H groups in total. The van der Waals surface area contributed by atoms with E-state index < -0.39 is 42.3 Å². The van der Waals surface area contributed by atoms with E-state index in [-0.39, 0.29) is 5.56 Å². The number of aliphatic hydroxyl groups is 2. The molecular weight excluding hydrogens is 251 g/mol. The van der Waals surface area contributed by atoms with Crippen LogP contribution in [0.5, 0.6) is 0 Å². The summed E-state index contributed by atoms with van der Waals surface area (Å²) in [4.78, 5) is 10.5. The van der Waals surface area contributed by atoms with Gasteiger partial charge in [0.25, 0.3) is 6.43 Å². The molecule has 2 unspecified atom stereocenters. The first-order valence-electron chi connectivity index (χ1n) is 5.05. The molecule has 18 heavy (non-hydrogen) atoms. The Bertz CT molecular complexity index is 440. The predicted molar refractivity (Wildman–Crippen MR) is 56.1 cm³/mol. The van der Waals surface area contributed by atoms with Gasteiger partial charge in [0.1, 0.15) is 11.9 Å². The van der Waals surface area contributed by atoms with Crippen LogP contribution in [0.15, 0.2) is 18.2 Å². The first kappa shape index (κ1) is 14.5. The van der Waals surface area contributed by atoms with Crippen molar-refractivity contribution >= 4 is 5.91 Å². The molecule has 0 aromatic heterocycles. The van der Waals surface area contributed by atoms with Crippen molar-refractivity contribution in [3.63, 3.8) is 0 Å². The van der Waals surface area contributed by atoms with Crippen LogP contribution < -0.4 is 5.73 Å². The van der Waals surface area contributed by atoms with E-state index in [1.165, 1.54) is 0 Å². The Morgan fingerprint density at radius 3 is 2.39 bits per heavy atom. The van der Waals surface area contributed by atoms with Crippen LogP contribution in [-0.4, -0.2) is 22.2 Å². The highest BCUT2D eigenvalue weighted by atomic mass is 19.3. The van der Waals surface area contributed by atoms with Crippen molar-refractivity contribution < 1.29 is 28.2 Å². The van der Waals surface area contributed by atoms with E-state index in [0.717, 1.165) is 12.1 Å². The van der Waals surface area contributed by atoms with Crippen LogP contribution in [0.1, 0.15) is 30.1 Å². The van der Waals surface area contributed by atoms with Gasteiger partial charge in [0.15, 0.2) is 0 Å². The number of carbonyl (C=O) groups excluding carboxylic acids is 1. The molecule has 1 aromatic carbocycles. The van der Waals surface area contributed by atoms with E-state index in [2.05, 4.69) is 0 Å². The molecule has 0 radical (unpaired) electrons. The molecule has 1 rings (SSSR count). The van der Waals surface area contributed by atoms with Gasteiger partial charge in [0.2, 0.25) is 5.91 Å². The van der Waals surface area contributed by atoms with E-state index in [4.69, 9.17) is 5.73 Å². The van der Waals surface area contributed by atoms with Gasteiger partial charge in [-0.2, -0.15) is 0 Å². The Balaban J connectivity index is 2.90. The summed E-state index contributed by atoms with van der Waals surface area (Å²) in [5.41, 5.74) is 3.92. The van der Waals surface area contributed by atoms with E-state index in [9.17, 15) is 28.2 Å². The first-order valence-corrected chi connectivity index (χ1v) is 5.05. The molecule has 0 heterocycles. The molecule has 0 fully saturated rings. The van der Waals surface area contributed by atoms with Crippen molar-refractivity contribution in [2.24, 2.45) is 5.73 Å². The minimum absolute atomic E-state index is 0.106. The Labute approximate surface area is 101 Å². The van der Waals surface area contributed by atoms with Crippen LogP contribution in [0.4, 0.5) is 13.2 Å². The predicted octanol–water partition coefficient (Wildman–Crippen LogP) is 1.03. The van der Waals surface area contributed by atoms with Crippen molar-refractivity contribution in [1.29, 1.82) is 0 Å². The van der Waals surface area contributed by atoms with E-state index >= 15 is 0 Å². The lowest BCUT2D eigenvalue weighted by molar-refractivity contribution is -0.121. The average Bonchev–Trinajstić information content (AvgIpc) is 2.26. The normalized spacial score (nSPS) is 14.6. The Morgan fingerprint density at radius 2 is 1.94 bits per heavy atom. The molecule has 0 aliphatic carbocycles. The summed E-state index contributed by atoms with van der Waals surface area (Å²) in [6, 6.07) is 2.56. The molecular formula is C11H12F3NO3. The highest BCUT2D eigenvalue weighted by molar-refractivity contribution is 5.74. The zero-order valence-corrected chi connectivity index (χ0v) is 9.19. The van der Waals surface area contributed by atoms with Gasteiger partial charge in [-0.1, -0.05) is 12.1 Å². The molecule has 100 valence electrons. The second kappa shape index (κ2) is 5.83. The molecule has 0 aliphatic rings. The lowest BCUT2D eigenvalue weighted by Crippen LogP contribution is -2.25. The van der Waals surface area contributed by atoms with Crippen LogP contribution in [0, 0.1) is 5.82 Å². The van der Waals surface area contributed by atoms with Crippen LogP contribution in [0.2, 0.25) is 0 Å². The van der Waals surface area contributed by atoms with Gasteiger partial charge in [0.05, 0.1) is 18.1 Å². The topological polar surface area (TPSA) is 83.6 Å². The summed E-state index contributed by atoms with van der Waals surface area (Å²) < 4.78 is 37.8. The highest BCUT2D eigenvalue weighted by Gasteiger charge is 2.22. The Kier molecular flexibility index (Phi) is 4.69. The summed E-state index contributed by atoms with van der Waals surface area (Å²) in [6.45, 7) is 0. The monoisotopic (exact) mass is 263 g/mol. The molecule has 0 aliphatic heterocycles. The third-order valence-electron chi connectivity index (χ3n) is 2.38. The number of nitrogens with two attached hydrogens (primary N) is 1. The summed E-state index contributed by atoms with van der Waals surface area (Å²) in [7, 11) is 0. The Hall–Kier alpha value is -1.60. The third-order valence-corrected chi connectivity index (χ3v) is 2.38. The zero-order chi connectivity index (χ0) is 13.9. The third kappa shape index (κ3) is 3.44. The number of aliphatic hydroxyl groups excluding tert-OH is 2. The smallest absolute Gasteiger partial charge is 0.266 e. The minimum Gasteiger partial charge on any atom is -0.390 e. The van der Waals surface area contributed by atoms with Crippen LogP contribution in [-0.2, 0) is 4.79 Å². The standard InChI is InChI=1S/C11H12F3NO3/c12-7-3-5(1-2-6(7)11(13)14)10(18)8(16)4-9(15)17/h1-3,8,10-11,16,18H,4H2,(H2,15,17). The average molecular weight is 263 g/mol. The number of carbonyl (C=O) groups is 1. The lowest BCUT2D eigenvalue weighted by atomic mass is 10.0. The fraction of sp³-hybridized carbons (Fsp3) is 0.364. The van der Waals surface area contributed by atoms with Gasteiger partial charge in [-0.25, -0.2) is 13.2 Å².